The molecule has 4 aromatic rings. The molecule has 2 aromatic carbocycles. The van der Waals surface area contributed by atoms with Crippen LogP contribution in [-0.2, 0) is 11.2 Å². The van der Waals surface area contributed by atoms with E-state index >= 15 is 0 Å². The van der Waals surface area contributed by atoms with Crippen LogP contribution in [0.25, 0.3) is 10.8 Å². The summed E-state index contributed by atoms with van der Waals surface area (Å²) in [5.41, 5.74) is 0.876. The van der Waals surface area contributed by atoms with Crippen LogP contribution in [0.1, 0.15) is 21.6 Å². The smallest absolute Gasteiger partial charge is 0.272 e. The van der Waals surface area contributed by atoms with Gasteiger partial charge in [0.2, 0.25) is 5.91 Å². The van der Waals surface area contributed by atoms with E-state index in [1.807, 2.05) is 6.07 Å². The Morgan fingerprint density at radius 2 is 1.79 bits per heavy atom. The third-order valence-corrected chi connectivity index (χ3v) is 5.84. The summed E-state index contributed by atoms with van der Waals surface area (Å²) in [5, 5.41) is 7.84. The Kier molecular flexibility index (Phi) is 5.59. The Labute approximate surface area is 193 Å². The third-order valence-electron chi connectivity index (χ3n) is 5.84. The summed E-state index contributed by atoms with van der Waals surface area (Å²) in [7, 11) is 0. The summed E-state index contributed by atoms with van der Waals surface area (Å²) in [4.78, 5) is 44.8. The second kappa shape index (κ2) is 8.86. The standard InChI is InChI=1S/C25H20FN5O3/c26-20-9-8-16(14-21-17-5-1-2-6-18(17)24(33)29-28-21)13-19(20)25(34)30-11-12-31(23(32)15-30)22-7-3-4-10-27-22/h1-10,13H,11-12,14-15H2,(H,29,33). The molecule has 0 unspecified atom stereocenters. The van der Waals surface area contributed by atoms with Gasteiger partial charge in [0, 0.05) is 31.1 Å². The van der Waals surface area contributed by atoms with Gasteiger partial charge in [0.15, 0.2) is 0 Å². The van der Waals surface area contributed by atoms with Crippen LogP contribution < -0.4 is 10.5 Å². The number of halogens is 1. The molecular weight excluding hydrogens is 437 g/mol. The molecule has 0 bridgehead atoms. The molecule has 1 aliphatic heterocycles. The van der Waals surface area contributed by atoms with Crippen molar-refractivity contribution in [3.05, 3.63) is 99.9 Å². The number of nitrogens with zero attached hydrogens (tertiary/aromatic N) is 4. The van der Waals surface area contributed by atoms with Gasteiger partial charge in [-0.05, 0) is 35.9 Å². The molecule has 0 spiro atoms. The Bertz CT molecular complexity index is 1450. The first-order valence-electron chi connectivity index (χ1n) is 10.8. The van der Waals surface area contributed by atoms with Gasteiger partial charge in [-0.15, -0.1) is 0 Å². The molecule has 3 heterocycles. The van der Waals surface area contributed by atoms with Crippen LogP contribution in [0.5, 0.6) is 0 Å². The largest absolute Gasteiger partial charge is 0.327 e. The fourth-order valence-corrected chi connectivity index (χ4v) is 4.12. The SMILES string of the molecule is O=C(c1cc(Cc2n[nH]c(=O)c3ccccc23)ccc1F)N1CCN(c2ccccn2)C(=O)C1. The van der Waals surface area contributed by atoms with Crippen LogP contribution >= 0.6 is 0 Å². The van der Waals surface area contributed by atoms with Crippen molar-refractivity contribution in [3.8, 4) is 0 Å². The van der Waals surface area contributed by atoms with Crippen molar-refractivity contribution in [2.45, 2.75) is 6.42 Å². The maximum absolute atomic E-state index is 14.6. The molecule has 0 aliphatic carbocycles. The normalized spacial score (nSPS) is 14.0. The van der Waals surface area contributed by atoms with Gasteiger partial charge in [-0.3, -0.25) is 19.3 Å². The third kappa shape index (κ3) is 4.03. The lowest BCUT2D eigenvalue weighted by Gasteiger charge is -2.33. The molecule has 2 amide bonds. The van der Waals surface area contributed by atoms with Crippen LogP contribution in [0.3, 0.4) is 0 Å². The number of pyridine rings is 1. The zero-order chi connectivity index (χ0) is 23.7. The first-order chi connectivity index (χ1) is 16.5. The van der Waals surface area contributed by atoms with E-state index in [1.165, 1.54) is 21.9 Å². The zero-order valence-corrected chi connectivity index (χ0v) is 18.1. The zero-order valence-electron chi connectivity index (χ0n) is 18.1. The predicted octanol–water partition coefficient (Wildman–Crippen LogP) is 2.54. The highest BCUT2D eigenvalue weighted by Crippen LogP contribution is 2.21. The molecule has 170 valence electrons. The van der Waals surface area contributed by atoms with Crippen LogP contribution in [0.2, 0.25) is 0 Å². The van der Waals surface area contributed by atoms with Crippen molar-refractivity contribution in [2.75, 3.05) is 24.5 Å². The van der Waals surface area contributed by atoms with Gasteiger partial charge in [-0.2, -0.15) is 5.10 Å². The van der Waals surface area contributed by atoms with E-state index in [-0.39, 0.29) is 36.7 Å². The van der Waals surface area contributed by atoms with Gasteiger partial charge in [0.1, 0.15) is 18.2 Å². The number of amides is 2. The van der Waals surface area contributed by atoms with Gasteiger partial charge in [-0.25, -0.2) is 14.5 Å². The molecule has 1 fully saturated rings. The molecule has 9 heteroatoms. The summed E-state index contributed by atoms with van der Waals surface area (Å²) < 4.78 is 14.6. The average Bonchev–Trinajstić information content (AvgIpc) is 2.87. The number of aromatic nitrogens is 3. The molecule has 0 radical (unpaired) electrons. The topological polar surface area (TPSA) is 99.3 Å². The lowest BCUT2D eigenvalue weighted by atomic mass is 10.0. The van der Waals surface area contributed by atoms with Gasteiger partial charge in [0.25, 0.3) is 11.5 Å². The maximum atomic E-state index is 14.6. The molecular formula is C25H20FN5O3. The number of hydrogen-bond donors (Lipinski definition) is 1. The molecule has 0 saturated carbocycles. The van der Waals surface area contributed by atoms with E-state index in [4.69, 9.17) is 0 Å². The van der Waals surface area contributed by atoms with Crippen LogP contribution in [0.4, 0.5) is 10.2 Å². The number of anilines is 1. The molecule has 8 nitrogen and oxygen atoms in total. The number of carbonyl (C=O) groups is 2. The number of piperazine rings is 1. The number of nitrogens with one attached hydrogen (secondary N) is 1. The van der Waals surface area contributed by atoms with Crippen molar-refractivity contribution in [1.29, 1.82) is 0 Å². The summed E-state index contributed by atoms with van der Waals surface area (Å²) >= 11 is 0. The Morgan fingerprint density at radius 1 is 1.00 bits per heavy atom. The lowest BCUT2D eigenvalue weighted by molar-refractivity contribution is -0.120. The van der Waals surface area contributed by atoms with Gasteiger partial charge >= 0.3 is 0 Å². The van der Waals surface area contributed by atoms with Crippen molar-refractivity contribution < 1.29 is 14.0 Å². The quantitative estimate of drug-likeness (QED) is 0.508. The molecule has 2 aromatic heterocycles. The molecule has 1 N–H and O–H groups in total. The van der Waals surface area contributed by atoms with E-state index in [0.29, 0.717) is 34.3 Å². The monoisotopic (exact) mass is 457 g/mol. The summed E-state index contributed by atoms with van der Waals surface area (Å²) in [6.07, 6.45) is 1.89. The van der Waals surface area contributed by atoms with Gasteiger partial charge < -0.3 is 4.90 Å². The fraction of sp³-hybridized carbons (Fsp3) is 0.160. The number of aromatic amines is 1. The fourth-order valence-electron chi connectivity index (χ4n) is 4.12. The minimum Gasteiger partial charge on any atom is -0.327 e. The summed E-state index contributed by atoms with van der Waals surface area (Å²) in [6.45, 7) is 0.373. The summed E-state index contributed by atoms with van der Waals surface area (Å²) in [6, 6.07) is 16.7. The minimum atomic E-state index is -0.660. The number of benzene rings is 2. The number of rotatable bonds is 4. The number of carbonyl (C=O) groups excluding carboxylic acids is 2. The highest BCUT2D eigenvalue weighted by Gasteiger charge is 2.30. The van der Waals surface area contributed by atoms with Crippen LogP contribution in [-0.4, -0.2) is 51.5 Å². The Morgan fingerprint density at radius 3 is 2.56 bits per heavy atom. The molecule has 34 heavy (non-hydrogen) atoms. The second-order valence-corrected chi connectivity index (χ2v) is 8.00. The Hall–Kier alpha value is -4.40. The van der Waals surface area contributed by atoms with Gasteiger partial charge in [-0.1, -0.05) is 30.3 Å². The number of fused-ring (bicyclic) bond motifs is 1. The van der Waals surface area contributed by atoms with Crippen molar-refractivity contribution in [3.63, 3.8) is 0 Å². The number of hydrogen-bond acceptors (Lipinski definition) is 5. The van der Waals surface area contributed by atoms with Crippen LogP contribution in [0, 0.1) is 5.82 Å². The first-order valence-corrected chi connectivity index (χ1v) is 10.8. The molecule has 1 saturated heterocycles. The lowest BCUT2D eigenvalue weighted by Crippen LogP contribution is -2.52. The summed E-state index contributed by atoms with van der Waals surface area (Å²) in [5.74, 6) is -0.965. The van der Waals surface area contributed by atoms with Gasteiger partial charge in [0.05, 0.1) is 16.6 Å². The molecule has 1 aliphatic rings. The predicted molar refractivity (Wildman–Crippen MR) is 124 cm³/mol. The van der Waals surface area contributed by atoms with E-state index in [9.17, 15) is 18.8 Å². The highest BCUT2D eigenvalue weighted by molar-refractivity contribution is 6.01. The molecule has 5 rings (SSSR count). The number of H-pyrrole nitrogens is 1. The van der Waals surface area contributed by atoms with E-state index in [0.717, 1.165) is 0 Å². The van der Waals surface area contributed by atoms with Crippen molar-refractivity contribution in [2.24, 2.45) is 0 Å². The van der Waals surface area contributed by atoms with E-state index < -0.39 is 11.7 Å². The van der Waals surface area contributed by atoms with Crippen molar-refractivity contribution >= 4 is 28.4 Å². The minimum absolute atomic E-state index is 0.106. The maximum Gasteiger partial charge on any atom is 0.272 e. The van der Waals surface area contributed by atoms with E-state index in [1.54, 1.807) is 48.7 Å². The van der Waals surface area contributed by atoms with Crippen LogP contribution in [0.15, 0.2) is 71.7 Å². The van der Waals surface area contributed by atoms with E-state index in [2.05, 4.69) is 15.2 Å². The van der Waals surface area contributed by atoms with Crippen molar-refractivity contribution in [1.82, 2.24) is 20.1 Å². The Balaban J connectivity index is 1.37. The second-order valence-electron chi connectivity index (χ2n) is 8.00. The molecule has 0 atom stereocenters. The average molecular weight is 457 g/mol. The highest BCUT2D eigenvalue weighted by atomic mass is 19.1. The first kappa shape index (κ1) is 21.4.